The Bertz CT molecular complexity index is 1250. The average molecular weight is 425 g/mol. The highest BCUT2D eigenvalue weighted by Crippen LogP contribution is 2.40. The van der Waals surface area contributed by atoms with E-state index in [1.807, 2.05) is 19.1 Å². The smallest absolute Gasteiger partial charge is 0.435 e. The highest BCUT2D eigenvalue weighted by molar-refractivity contribution is 5.97. The van der Waals surface area contributed by atoms with E-state index in [4.69, 9.17) is 4.74 Å². The summed E-state index contributed by atoms with van der Waals surface area (Å²) in [6, 6.07) is 15.2. The molecule has 2 aromatic heterocycles. The van der Waals surface area contributed by atoms with Crippen LogP contribution in [0.3, 0.4) is 0 Å². The number of alkyl halides is 3. The summed E-state index contributed by atoms with van der Waals surface area (Å²) >= 11 is 0. The van der Waals surface area contributed by atoms with Gasteiger partial charge in [0.1, 0.15) is 5.56 Å². The van der Waals surface area contributed by atoms with Gasteiger partial charge in [0.05, 0.1) is 17.9 Å². The Morgan fingerprint density at radius 1 is 1.03 bits per heavy atom. The number of aromatic nitrogens is 3. The SMILES string of the molecule is CCOC(=O)c1cnc2c(-c3ccccc3)c(C(F)(F)F)nn2c1-c1ccc(C)cc1. The Hall–Kier alpha value is -3.68. The lowest BCUT2D eigenvalue weighted by atomic mass is 10.0. The number of fused-ring (bicyclic) bond motifs is 1. The van der Waals surface area contributed by atoms with Gasteiger partial charge in [-0.2, -0.15) is 18.3 Å². The summed E-state index contributed by atoms with van der Waals surface area (Å²) in [5.74, 6) is -0.683. The maximum atomic E-state index is 13.9. The predicted molar refractivity (Wildman–Crippen MR) is 110 cm³/mol. The highest BCUT2D eigenvalue weighted by Gasteiger charge is 2.39. The summed E-state index contributed by atoms with van der Waals surface area (Å²) < 4.78 is 48.0. The van der Waals surface area contributed by atoms with Crippen LogP contribution in [0.2, 0.25) is 0 Å². The fourth-order valence-corrected chi connectivity index (χ4v) is 3.40. The van der Waals surface area contributed by atoms with Gasteiger partial charge in [-0.25, -0.2) is 14.3 Å². The van der Waals surface area contributed by atoms with Crippen LogP contribution in [-0.4, -0.2) is 27.2 Å². The molecule has 0 aliphatic carbocycles. The first kappa shape index (κ1) is 20.6. The molecule has 0 aliphatic rings. The largest absolute Gasteiger partial charge is 0.462 e. The van der Waals surface area contributed by atoms with Gasteiger partial charge in [-0.15, -0.1) is 0 Å². The number of carbonyl (C=O) groups is 1. The molecule has 0 aliphatic heterocycles. The van der Waals surface area contributed by atoms with Gasteiger partial charge in [0.25, 0.3) is 0 Å². The van der Waals surface area contributed by atoms with Gasteiger partial charge in [-0.3, -0.25) is 0 Å². The molecule has 158 valence electrons. The molecule has 0 saturated heterocycles. The van der Waals surface area contributed by atoms with Crippen LogP contribution < -0.4 is 0 Å². The van der Waals surface area contributed by atoms with E-state index in [0.717, 1.165) is 10.1 Å². The van der Waals surface area contributed by atoms with Crippen molar-refractivity contribution in [2.45, 2.75) is 20.0 Å². The molecular formula is C23H18F3N3O2. The van der Waals surface area contributed by atoms with Crippen LogP contribution >= 0.6 is 0 Å². The Labute approximate surface area is 176 Å². The maximum Gasteiger partial charge on any atom is 0.435 e. The second kappa shape index (κ2) is 7.86. The Morgan fingerprint density at radius 2 is 1.71 bits per heavy atom. The number of esters is 1. The first-order valence-corrected chi connectivity index (χ1v) is 9.59. The molecule has 4 rings (SSSR count). The molecule has 0 radical (unpaired) electrons. The third-order valence-corrected chi connectivity index (χ3v) is 4.80. The summed E-state index contributed by atoms with van der Waals surface area (Å²) in [4.78, 5) is 16.8. The minimum atomic E-state index is -4.71. The van der Waals surface area contributed by atoms with Crippen LogP contribution in [0.25, 0.3) is 28.0 Å². The molecule has 0 spiro atoms. The number of halogens is 3. The number of hydrogen-bond donors (Lipinski definition) is 0. The molecule has 0 bridgehead atoms. The third-order valence-electron chi connectivity index (χ3n) is 4.80. The van der Waals surface area contributed by atoms with Gasteiger partial charge in [0.15, 0.2) is 11.3 Å². The molecule has 31 heavy (non-hydrogen) atoms. The Balaban J connectivity index is 2.11. The summed E-state index contributed by atoms with van der Waals surface area (Å²) in [6.07, 6.45) is -3.47. The summed E-state index contributed by atoms with van der Waals surface area (Å²) in [5.41, 5.74) is 0.839. The van der Waals surface area contributed by atoms with Crippen molar-refractivity contribution in [3.8, 4) is 22.4 Å². The molecule has 0 amide bonds. The van der Waals surface area contributed by atoms with Gasteiger partial charge in [0, 0.05) is 11.8 Å². The van der Waals surface area contributed by atoms with Crippen LogP contribution in [0.4, 0.5) is 13.2 Å². The zero-order chi connectivity index (χ0) is 22.2. The molecule has 2 heterocycles. The van der Waals surface area contributed by atoms with Gasteiger partial charge in [-0.1, -0.05) is 60.2 Å². The number of ether oxygens (including phenoxy) is 1. The van der Waals surface area contributed by atoms with Crippen molar-refractivity contribution in [1.29, 1.82) is 0 Å². The van der Waals surface area contributed by atoms with E-state index < -0.39 is 17.8 Å². The Morgan fingerprint density at radius 3 is 2.32 bits per heavy atom. The lowest BCUT2D eigenvalue weighted by Gasteiger charge is -2.11. The molecular weight excluding hydrogens is 407 g/mol. The van der Waals surface area contributed by atoms with Crippen molar-refractivity contribution in [3.63, 3.8) is 0 Å². The summed E-state index contributed by atoms with van der Waals surface area (Å²) in [7, 11) is 0. The fraction of sp³-hybridized carbons (Fsp3) is 0.174. The molecule has 5 nitrogen and oxygen atoms in total. The van der Waals surface area contributed by atoms with E-state index in [1.54, 1.807) is 49.4 Å². The molecule has 0 saturated carbocycles. The molecule has 0 fully saturated rings. The lowest BCUT2D eigenvalue weighted by Crippen LogP contribution is -2.11. The number of hydrogen-bond acceptors (Lipinski definition) is 4. The topological polar surface area (TPSA) is 56.5 Å². The maximum absolute atomic E-state index is 13.9. The van der Waals surface area contributed by atoms with Crippen molar-refractivity contribution in [2.24, 2.45) is 0 Å². The highest BCUT2D eigenvalue weighted by atomic mass is 19.4. The molecule has 0 N–H and O–H groups in total. The molecule has 4 aromatic rings. The van der Waals surface area contributed by atoms with E-state index in [2.05, 4.69) is 10.1 Å². The second-order valence-corrected chi connectivity index (χ2v) is 6.93. The predicted octanol–water partition coefficient (Wildman–Crippen LogP) is 5.57. The van der Waals surface area contributed by atoms with Crippen molar-refractivity contribution >= 4 is 11.6 Å². The van der Waals surface area contributed by atoms with Crippen molar-refractivity contribution in [2.75, 3.05) is 6.61 Å². The summed E-state index contributed by atoms with van der Waals surface area (Å²) in [5, 5.41) is 3.88. The zero-order valence-electron chi connectivity index (χ0n) is 16.8. The van der Waals surface area contributed by atoms with E-state index in [1.165, 1.54) is 6.20 Å². The molecule has 0 unspecified atom stereocenters. The monoisotopic (exact) mass is 425 g/mol. The van der Waals surface area contributed by atoms with E-state index >= 15 is 0 Å². The number of benzene rings is 2. The van der Waals surface area contributed by atoms with Gasteiger partial charge >= 0.3 is 12.1 Å². The number of nitrogens with zero attached hydrogens (tertiary/aromatic N) is 3. The first-order chi connectivity index (χ1) is 14.8. The summed E-state index contributed by atoms with van der Waals surface area (Å²) in [6.45, 7) is 3.66. The standard InChI is InChI=1S/C23H18F3N3O2/c1-3-31-22(30)17-13-27-21-18(15-7-5-4-6-8-15)20(23(24,25)26)28-29(21)19(17)16-11-9-14(2)10-12-16/h4-13H,3H2,1-2H3. The molecule has 2 aromatic carbocycles. The van der Waals surface area contributed by atoms with Crippen LogP contribution in [0.5, 0.6) is 0 Å². The number of rotatable bonds is 4. The minimum Gasteiger partial charge on any atom is -0.462 e. The van der Waals surface area contributed by atoms with E-state index in [0.29, 0.717) is 11.1 Å². The van der Waals surface area contributed by atoms with Crippen LogP contribution in [-0.2, 0) is 10.9 Å². The normalized spacial score (nSPS) is 11.6. The van der Waals surface area contributed by atoms with Gasteiger partial charge in [-0.05, 0) is 19.4 Å². The Kier molecular flexibility index (Phi) is 5.22. The van der Waals surface area contributed by atoms with E-state index in [-0.39, 0.29) is 29.1 Å². The number of aryl methyl sites for hydroxylation is 1. The average Bonchev–Trinajstić information content (AvgIpc) is 3.15. The first-order valence-electron chi connectivity index (χ1n) is 9.59. The van der Waals surface area contributed by atoms with Crippen LogP contribution in [0, 0.1) is 6.92 Å². The van der Waals surface area contributed by atoms with E-state index in [9.17, 15) is 18.0 Å². The zero-order valence-corrected chi connectivity index (χ0v) is 16.8. The van der Waals surface area contributed by atoms with Gasteiger partial charge < -0.3 is 4.74 Å². The van der Waals surface area contributed by atoms with Crippen LogP contribution in [0.15, 0.2) is 60.8 Å². The molecule has 0 atom stereocenters. The van der Waals surface area contributed by atoms with Crippen molar-refractivity contribution < 1.29 is 22.7 Å². The quantitative estimate of drug-likeness (QED) is 0.401. The third kappa shape index (κ3) is 3.76. The lowest BCUT2D eigenvalue weighted by molar-refractivity contribution is -0.140. The fourth-order valence-electron chi connectivity index (χ4n) is 3.40. The molecule has 8 heteroatoms. The minimum absolute atomic E-state index is 0.00199. The van der Waals surface area contributed by atoms with Crippen molar-refractivity contribution in [3.05, 3.63) is 77.6 Å². The van der Waals surface area contributed by atoms with Crippen molar-refractivity contribution in [1.82, 2.24) is 14.6 Å². The second-order valence-electron chi connectivity index (χ2n) is 6.93. The van der Waals surface area contributed by atoms with Gasteiger partial charge in [0.2, 0.25) is 0 Å². The number of carbonyl (C=O) groups excluding carboxylic acids is 1. The van der Waals surface area contributed by atoms with Crippen LogP contribution in [0.1, 0.15) is 28.5 Å².